The van der Waals surface area contributed by atoms with Gasteiger partial charge in [0.25, 0.3) is 0 Å². The number of esters is 2. The molecule has 1 aliphatic carbocycles. The summed E-state index contributed by atoms with van der Waals surface area (Å²) in [5.74, 6) is -1.09. The molecule has 6 N–H and O–H groups in total. The Labute approximate surface area is 406 Å². The number of allylic oxidation sites excluding steroid dienone is 4. The van der Waals surface area contributed by atoms with Gasteiger partial charge in [0.15, 0.2) is 6.10 Å². The molecule has 6 unspecified atom stereocenters. The van der Waals surface area contributed by atoms with Crippen LogP contribution in [0.1, 0.15) is 245 Å². The fourth-order valence-electron chi connectivity index (χ4n) is 8.44. The van der Waals surface area contributed by atoms with Crippen LogP contribution in [0.25, 0.3) is 0 Å². The van der Waals surface area contributed by atoms with Crippen molar-refractivity contribution in [1.82, 2.24) is 0 Å². The molecule has 1 fully saturated rings. The van der Waals surface area contributed by atoms with Crippen LogP contribution in [0.3, 0.4) is 0 Å². The van der Waals surface area contributed by atoms with Gasteiger partial charge < -0.3 is 39.9 Å². The maximum absolute atomic E-state index is 12.9. The van der Waals surface area contributed by atoms with E-state index in [1.54, 1.807) is 0 Å². The number of carbonyl (C=O) groups is 2. The molecule has 1 saturated carbocycles. The Kier molecular flexibility index (Phi) is 40.8. The van der Waals surface area contributed by atoms with Gasteiger partial charge in [0.1, 0.15) is 43.2 Å². The standard InChI is InChI=1S/C53H99O13P/c1-3-5-7-9-11-13-15-17-19-21-23-25-27-29-31-33-35-37-39-41-46(54)63-43-45(44-64-67(61,62)66-53-51(59)49(57)48(56)50(58)52(53)60)65-47(55)42-40-38-36-34-32-30-28-26-24-22-20-18-16-14-12-10-8-6-4-2/h12,14,18,20,45,48-53,56-60H,3-11,13,15-17,19,21-44H2,1-2H3,(H,61,62)/b14-12-,20-18-. The molecule has 14 heteroatoms. The van der Waals surface area contributed by atoms with Crippen molar-refractivity contribution in [2.75, 3.05) is 13.2 Å². The fraction of sp³-hybridized carbons (Fsp3) is 0.887. The minimum atomic E-state index is -5.12. The molecule has 0 amide bonds. The summed E-state index contributed by atoms with van der Waals surface area (Å²) in [6.45, 7) is 3.32. The van der Waals surface area contributed by atoms with E-state index in [4.69, 9.17) is 18.5 Å². The summed E-state index contributed by atoms with van der Waals surface area (Å²) < 4.78 is 33.7. The van der Waals surface area contributed by atoms with Crippen molar-refractivity contribution in [3.63, 3.8) is 0 Å². The van der Waals surface area contributed by atoms with E-state index in [1.807, 2.05) is 0 Å². The van der Waals surface area contributed by atoms with Crippen molar-refractivity contribution >= 4 is 19.8 Å². The van der Waals surface area contributed by atoms with Crippen molar-refractivity contribution in [2.24, 2.45) is 0 Å². The lowest BCUT2D eigenvalue weighted by atomic mass is 9.85. The SMILES string of the molecule is CCCCC/C=C\C/C=C\CCCCCCCCCCCC(=O)OC(COC(=O)CCCCCCCCCCCCCCCCCCCCC)COP(=O)(O)OC1C(O)C(O)C(O)C(O)C1O. The van der Waals surface area contributed by atoms with Gasteiger partial charge in [-0.3, -0.25) is 18.6 Å². The first-order valence-electron chi connectivity index (χ1n) is 27.1. The predicted octanol–water partition coefficient (Wildman–Crippen LogP) is 12.0. The zero-order valence-electron chi connectivity index (χ0n) is 42.2. The Morgan fingerprint density at radius 3 is 1.24 bits per heavy atom. The summed E-state index contributed by atoms with van der Waals surface area (Å²) in [4.78, 5) is 35.9. The van der Waals surface area contributed by atoms with Crippen LogP contribution in [0.5, 0.6) is 0 Å². The number of phosphoric ester groups is 1. The van der Waals surface area contributed by atoms with Crippen LogP contribution in [0.4, 0.5) is 0 Å². The van der Waals surface area contributed by atoms with Crippen molar-refractivity contribution in [1.29, 1.82) is 0 Å². The lowest BCUT2D eigenvalue weighted by Crippen LogP contribution is -2.64. The van der Waals surface area contributed by atoms with E-state index in [0.29, 0.717) is 12.8 Å². The molecule has 394 valence electrons. The van der Waals surface area contributed by atoms with E-state index < -0.39 is 75.7 Å². The molecule has 13 nitrogen and oxygen atoms in total. The van der Waals surface area contributed by atoms with E-state index in [0.717, 1.165) is 57.8 Å². The van der Waals surface area contributed by atoms with Gasteiger partial charge >= 0.3 is 19.8 Å². The molecule has 6 atom stereocenters. The molecule has 0 aromatic carbocycles. The molecular formula is C53H99O13P. The largest absolute Gasteiger partial charge is 0.472 e. The number of carbonyl (C=O) groups excluding carboxylic acids is 2. The minimum absolute atomic E-state index is 0.0951. The van der Waals surface area contributed by atoms with E-state index in [9.17, 15) is 44.6 Å². The number of hydrogen-bond donors (Lipinski definition) is 6. The van der Waals surface area contributed by atoms with Crippen LogP contribution in [0, 0.1) is 0 Å². The third kappa shape index (κ3) is 35.1. The topological polar surface area (TPSA) is 210 Å². The van der Waals surface area contributed by atoms with Crippen molar-refractivity contribution in [3.05, 3.63) is 24.3 Å². The average molecular weight is 975 g/mol. The summed E-state index contributed by atoms with van der Waals surface area (Å²) in [5, 5.41) is 50.3. The maximum atomic E-state index is 12.9. The summed E-state index contributed by atoms with van der Waals surface area (Å²) in [6.07, 6.45) is 36.5. The highest BCUT2D eigenvalue weighted by Crippen LogP contribution is 2.47. The van der Waals surface area contributed by atoms with Gasteiger partial charge in [0, 0.05) is 12.8 Å². The van der Waals surface area contributed by atoms with Crippen LogP contribution in [0.15, 0.2) is 24.3 Å². The summed E-state index contributed by atoms with van der Waals surface area (Å²) in [5.41, 5.74) is 0. The van der Waals surface area contributed by atoms with Gasteiger partial charge in [-0.2, -0.15) is 0 Å². The molecular weight excluding hydrogens is 876 g/mol. The van der Waals surface area contributed by atoms with Crippen molar-refractivity contribution in [2.45, 2.75) is 288 Å². The van der Waals surface area contributed by atoms with Crippen LogP contribution in [-0.2, 0) is 32.7 Å². The number of aliphatic hydroxyl groups is 5. The summed E-state index contributed by atoms with van der Waals surface area (Å²) in [6, 6.07) is 0. The molecule has 0 radical (unpaired) electrons. The number of ether oxygens (including phenoxy) is 2. The Morgan fingerprint density at radius 2 is 0.806 bits per heavy atom. The lowest BCUT2D eigenvalue weighted by molar-refractivity contribution is -0.220. The van der Waals surface area contributed by atoms with Gasteiger partial charge in [-0.25, -0.2) is 4.57 Å². The molecule has 0 heterocycles. The molecule has 0 aliphatic heterocycles. The van der Waals surface area contributed by atoms with Crippen molar-refractivity contribution in [3.8, 4) is 0 Å². The molecule has 67 heavy (non-hydrogen) atoms. The monoisotopic (exact) mass is 975 g/mol. The normalized spacial score (nSPS) is 21.3. The van der Waals surface area contributed by atoms with Crippen LogP contribution >= 0.6 is 7.82 Å². The third-order valence-electron chi connectivity index (χ3n) is 12.8. The first-order valence-corrected chi connectivity index (χ1v) is 28.6. The van der Waals surface area contributed by atoms with Crippen molar-refractivity contribution < 1.29 is 63.1 Å². The van der Waals surface area contributed by atoms with Crippen LogP contribution < -0.4 is 0 Å². The highest BCUT2D eigenvalue weighted by Gasteiger charge is 2.51. The molecule has 0 bridgehead atoms. The Bertz CT molecular complexity index is 1270. The highest BCUT2D eigenvalue weighted by molar-refractivity contribution is 7.47. The lowest BCUT2D eigenvalue weighted by Gasteiger charge is -2.41. The van der Waals surface area contributed by atoms with Gasteiger partial charge in [-0.05, 0) is 44.9 Å². The molecule has 1 rings (SSSR count). The second-order valence-corrected chi connectivity index (χ2v) is 20.5. The minimum Gasteiger partial charge on any atom is -0.462 e. The van der Waals surface area contributed by atoms with Gasteiger partial charge in [0.2, 0.25) is 0 Å². The van der Waals surface area contributed by atoms with E-state index in [1.165, 1.54) is 148 Å². The highest BCUT2D eigenvalue weighted by atomic mass is 31.2. The van der Waals surface area contributed by atoms with Crippen LogP contribution in [-0.4, -0.2) is 98.3 Å². The zero-order valence-corrected chi connectivity index (χ0v) is 43.1. The fourth-order valence-corrected chi connectivity index (χ4v) is 9.41. The summed E-state index contributed by atoms with van der Waals surface area (Å²) >= 11 is 0. The Morgan fingerprint density at radius 1 is 0.463 bits per heavy atom. The average Bonchev–Trinajstić information content (AvgIpc) is 3.31. The van der Waals surface area contributed by atoms with E-state index in [2.05, 4.69) is 38.2 Å². The quantitative estimate of drug-likeness (QED) is 0.0145. The second-order valence-electron chi connectivity index (χ2n) is 19.1. The van der Waals surface area contributed by atoms with Gasteiger partial charge in [-0.15, -0.1) is 0 Å². The molecule has 0 saturated heterocycles. The van der Waals surface area contributed by atoms with Gasteiger partial charge in [0.05, 0.1) is 6.61 Å². The number of phosphoric acid groups is 1. The second kappa shape index (κ2) is 43.1. The van der Waals surface area contributed by atoms with Crippen LogP contribution in [0.2, 0.25) is 0 Å². The summed E-state index contributed by atoms with van der Waals surface area (Å²) in [7, 11) is -5.12. The molecule has 1 aliphatic rings. The molecule has 0 spiro atoms. The van der Waals surface area contributed by atoms with E-state index >= 15 is 0 Å². The maximum Gasteiger partial charge on any atom is 0.472 e. The predicted molar refractivity (Wildman–Crippen MR) is 267 cm³/mol. The first kappa shape index (κ1) is 63.3. The smallest absolute Gasteiger partial charge is 0.462 e. The van der Waals surface area contributed by atoms with Gasteiger partial charge in [-0.1, -0.05) is 212 Å². The number of aliphatic hydroxyl groups excluding tert-OH is 5. The molecule has 0 aromatic rings. The first-order chi connectivity index (χ1) is 32.4. The number of hydrogen-bond acceptors (Lipinski definition) is 12. The number of unbranched alkanes of at least 4 members (excludes halogenated alkanes) is 30. The number of rotatable bonds is 46. The third-order valence-corrected chi connectivity index (χ3v) is 13.8. The Balaban J connectivity index is 2.36. The Hall–Kier alpha value is -1.67. The van der Waals surface area contributed by atoms with E-state index in [-0.39, 0.29) is 12.8 Å². The zero-order chi connectivity index (χ0) is 49.2. The molecule has 0 aromatic heterocycles.